The molecule has 1 aromatic carbocycles. The maximum absolute atomic E-state index is 13.4. The second-order valence-corrected chi connectivity index (χ2v) is 7.52. The fraction of sp³-hybridized carbons (Fsp3) is 0.455. The number of nitrogens with one attached hydrogen (secondary N) is 1. The Kier molecular flexibility index (Phi) is 9.54. The molecule has 1 N–H and O–H groups in total. The van der Waals surface area contributed by atoms with E-state index in [2.05, 4.69) is 16.0 Å². The van der Waals surface area contributed by atoms with Crippen LogP contribution in [0.25, 0.3) is 0 Å². The van der Waals surface area contributed by atoms with Crippen molar-refractivity contribution in [2.45, 2.75) is 51.4 Å². The van der Waals surface area contributed by atoms with E-state index >= 15 is 0 Å². The van der Waals surface area contributed by atoms with Gasteiger partial charge in [0.2, 0.25) is 5.91 Å². The highest BCUT2D eigenvalue weighted by Crippen LogP contribution is 2.14. The summed E-state index contributed by atoms with van der Waals surface area (Å²) < 4.78 is 14.5. The molecule has 168 valence electrons. The molecule has 0 fully saturated rings. The van der Waals surface area contributed by atoms with Crippen molar-refractivity contribution in [3.63, 3.8) is 0 Å². The molecular weight excluding hydrogens is 404 g/mol. The molecule has 0 aromatic heterocycles. The van der Waals surface area contributed by atoms with Crippen molar-refractivity contribution >= 4 is 23.9 Å². The Bertz CT molecular complexity index is 825. The van der Waals surface area contributed by atoms with Gasteiger partial charge in [0.25, 0.3) is 0 Å². The number of rotatable bonds is 8. The Morgan fingerprint density at radius 1 is 1.10 bits per heavy atom. The normalized spacial score (nSPS) is 12.5. The molecule has 2 amide bonds. The van der Waals surface area contributed by atoms with E-state index in [-0.39, 0.29) is 6.54 Å². The van der Waals surface area contributed by atoms with E-state index in [1.807, 2.05) is 0 Å². The maximum atomic E-state index is 13.4. The zero-order valence-corrected chi connectivity index (χ0v) is 18.3. The number of methoxy groups -OCH3 is 2. The van der Waals surface area contributed by atoms with Crippen LogP contribution in [0.3, 0.4) is 0 Å². The number of alkyl carbamates (subject to hydrolysis) is 1. The van der Waals surface area contributed by atoms with Gasteiger partial charge in [-0.05, 0) is 26.3 Å². The molecule has 0 bridgehead atoms. The minimum atomic E-state index is -1.38. The Morgan fingerprint density at radius 2 is 1.71 bits per heavy atom. The van der Waals surface area contributed by atoms with Gasteiger partial charge >= 0.3 is 18.0 Å². The van der Waals surface area contributed by atoms with Gasteiger partial charge in [-0.25, -0.2) is 9.59 Å². The lowest BCUT2D eigenvalue weighted by Gasteiger charge is -2.31. The number of terminal acetylenes is 1. The number of carbonyl (C=O) groups excluding carboxylic acids is 4. The minimum Gasteiger partial charge on any atom is -0.469 e. The Labute approximate surface area is 182 Å². The third-order valence-corrected chi connectivity index (χ3v) is 3.96. The van der Waals surface area contributed by atoms with Gasteiger partial charge in [-0.3, -0.25) is 9.59 Å². The summed E-state index contributed by atoms with van der Waals surface area (Å²) in [5.74, 6) is -0.110. The van der Waals surface area contributed by atoms with Crippen molar-refractivity contribution in [3.8, 4) is 12.3 Å². The molecule has 0 aliphatic heterocycles. The van der Waals surface area contributed by atoms with Crippen LogP contribution in [0.2, 0.25) is 0 Å². The third kappa shape index (κ3) is 8.38. The lowest BCUT2D eigenvalue weighted by atomic mass is 10.1. The van der Waals surface area contributed by atoms with Crippen molar-refractivity contribution in [2.75, 3.05) is 14.2 Å². The molecule has 1 aromatic rings. The SMILES string of the molecule is C#C[C@@H](C(=O)OC)N(Cc1ccccc1)C(=O)[C@@H](CC(=O)OC)NC(=O)OC(C)(C)C. The van der Waals surface area contributed by atoms with Crippen LogP contribution in [0.15, 0.2) is 30.3 Å². The molecule has 0 aliphatic carbocycles. The Morgan fingerprint density at radius 3 is 2.19 bits per heavy atom. The number of carbonyl (C=O) groups is 4. The molecule has 0 unspecified atom stereocenters. The zero-order chi connectivity index (χ0) is 23.6. The fourth-order valence-corrected chi connectivity index (χ4v) is 2.57. The van der Waals surface area contributed by atoms with Crippen LogP contribution in [0.5, 0.6) is 0 Å². The first-order valence-corrected chi connectivity index (χ1v) is 9.47. The van der Waals surface area contributed by atoms with Gasteiger partial charge < -0.3 is 24.4 Å². The van der Waals surface area contributed by atoms with E-state index in [1.165, 1.54) is 0 Å². The van der Waals surface area contributed by atoms with E-state index in [0.717, 1.165) is 19.1 Å². The standard InChI is InChI=1S/C22H28N2O7/c1-7-17(20(27)30-6)24(14-15-11-9-8-10-12-15)19(26)16(13-18(25)29-5)23-21(28)31-22(2,3)4/h1,8-12,16-17H,13-14H2,2-6H3,(H,23,28)/t16-,17+/m1/s1. The summed E-state index contributed by atoms with van der Waals surface area (Å²) in [6, 6.07) is 6.02. The third-order valence-electron chi connectivity index (χ3n) is 3.96. The molecule has 9 nitrogen and oxygen atoms in total. The predicted octanol–water partition coefficient (Wildman–Crippen LogP) is 1.65. The molecule has 0 radical (unpaired) electrons. The average molecular weight is 432 g/mol. The highest BCUT2D eigenvalue weighted by Gasteiger charge is 2.36. The number of hydrogen-bond donors (Lipinski definition) is 1. The summed E-state index contributed by atoms with van der Waals surface area (Å²) in [5, 5.41) is 2.37. The minimum absolute atomic E-state index is 0.0582. The summed E-state index contributed by atoms with van der Waals surface area (Å²) in [7, 11) is 2.29. The Balaban J connectivity index is 3.28. The number of amides is 2. The number of ether oxygens (including phenoxy) is 3. The second kappa shape index (κ2) is 11.6. The smallest absolute Gasteiger partial charge is 0.408 e. The summed E-state index contributed by atoms with van der Waals surface area (Å²) in [5.41, 5.74) is -0.158. The fourth-order valence-electron chi connectivity index (χ4n) is 2.57. The van der Waals surface area contributed by atoms with Crippen LogP contribution in [0.1, 0.15) is 32.8 Å². The molecule has 0 saturated carbocycles. The topological polar surface area (TPSA) is 111 Å². The maximum Gasteiger partial charge on any atom is 0.408 e. The van der Waals surface area contributed by atoms with Crippen LogP contribution in [-0.2, 0) is 35.1 Å². The first-order chi connectivity index (χ1) is 14.5. The molecule has 31 heavy (non-hydrogen) atoms. The summed E-state index contributed by atoms with van der Waals surface area (Å²) in [6.07, 6.45) is 4.11. The highest BCUT2D eigenvalue weighted by molar-refractivity contribution is 5.93. The number of esters is 2. The van der Waals surface area contributed by atoms with Gasteiger partial charge in [-0.15, -0.1) is 6.42 Å². The zero-order valence-electron chi connectivity index (χ0n) is 18.3. The molecule has 0 saturated heterocycles. The quantitative estimate of drug-likeness (QED) is 0.378. The van der Waals surface area contributed by atoms with E-state index in [4.69, 9.17) is 15.9 Å². The van der Waals surface area contributed by atoms with Gasteiger partial charge in [-0.1, -0.05) is 36.3 Å². The van der Waals surface area contributed by atoms with Crippen LogP contribution < -0.4 is 5.32 Å². The molecule has 0 heterocycles. The van der Waals surface area contributed by atoms with Gasteiger partial charge in [0, 0.05) is 6.54 Å². The molecule has 0 spiro atoms. The first kappa shape index (κ1) is 25.5. The van der Waals surface area contributed by atoms with Crippen LogP contribution in [0.4, 0.5) is 4.79 Å². The van der Waals surface area contributed by atoms with Crippen LogP contribution in [0, 0.1) is 12.3 Å². The van der Waals surface area contributed by atoms with Gasteiger partial charge in [-0.2, -0.15) is 0 Å². The summed E-state index contributed by atoms with van der Waals surface area (Å²) >= 11 is 0. The molecule has 2 atom stereocenters. The average Bonchev–Trinajstić information content (AvgIpc) is 2.71. The number of benzene rings is 1. The monoisotopic (exact) mass is 432 g/mol. The van der Waals surface area contributed by atoms with Crippen LogP contribution in [-0.4, -0.2) is 60.7 Å². The van der Waals surface area contributed by atoms with E-state index < -0.39 is 48.0 Å². The van der Waals surface area contributed by atoms with Gasteiger partial charge in [0.05, 0.1) is 20.6 Å². The van der Waals surface area contributed by atoms with Crippen molar-refractivity contribution < 1.29 is 33.4 Å². The molecule has 9 heteroatoms. The van der Waals surface area contributed by atoms with Gasteiger partial charge in [0.15, 0.2) is 6.04 Å². The summed E-state index contributed by atoms with van der Waals surface area (Å²) in [6.45, 7) is 4.89. The van der Waals surface area contributed by atoms with Gasteiger partial charge in [0.1, 0.15) is 11.6 Å². The molecule has 1 rings (SSSR count). The van der Waals surface area contributed by atoms with Crippen molar-refractivity contribution in [1.82, 2.24) is 10.2 Å². The Hall–Kier alpha value is -3.54. The van der Waals surface area contributed by atoms with E-state index in [1.54, 1.807) is 51.1 Å². The van der Waals surface area contributed by atoms with Crippen LogP contribution >= 0.6 is 0 Å². The highest BCUT2D eigenvalue weighted by atomic mass is 16.6. The van der Waals surface area contributed by atoms with Crippen molar-refractivity contribution in [2.24, 2.45) is 0 Å². The lowest BCUT2D eigenvalue weighted by Crippen LogP contribution is -2.54. The second-order valence-electron chi connectivity index (χ2n) is 7.52. The van der Waals surface area contributed by atoms with E-state index in [9.17, 15) is 19.2 Å². The van der Waals surface area contributed by atoms with E-state index in [0.29, 0.717) is 5.56 Å². The lowest BCUT2D eigenvalue weighted by molar-refractivity contribution is -0.152. The number of hydrogen-bond acceptors (Lipinski definition) is 7. The van der Waals surface area contributed by atoms with Crippen molar-refractivity contribution in [3.05, 3.63) is 35.9 Å². The number of nitrogens with zero attached hydrogens (tertiary/aromatic N) is 1. The first-order valence-electron chi connectivity index (χ1n) is 9.47. The predicted molar refractivity (Wildman–Crippen MR) is 111 cm³/mol. The largest absolute Gasteiger partial charge is 0.469 e. The molecule has 0 aliphatic rings. The van der Waals surface area contributed by atoms with Crippen molar-refractivity contribution in [1.29, 1.82) is 0 Å². The summed E-state index contributed by atoms with van der Waals surface area (Å²) in [4.78, 5) is 50.8. The molecular formula is C22H28N2O7.